The third kappa shape index (κ3) is 4.92. The van der Waals surface area contributed by atoms with Gasteiger partial charge in [-0.2, -0.15) is 23.3 Å². The predicted molar refractivity (Wildman–Crippen MR) is 135 cm³/mol. The largest absolute Gasteiger partial charge is 0.458 e. The van der Waals surface area contributed by atoms with Crippen LogP contribution in [0.3, 0.4) is 0 Å². The predicted octanol–water partition coefficient (Wildman–Crippen LogP) is 5.81. The first-order valence-corrected chi connectivity index (χ1v) is 15.5. The molecule has 2 atom stereocenters. The Hall–Kier alpha value is -3.12. The second kappa shape index (κ2) is 8.77. The van der Waals surface area contributed by atoms with E-state index in [4.69, 9.17) is 14.9 Å². The molecule has 192 valence electrons. The topological polar surface area (TPSA) is 104 Å². The van der Waals surface area contributed by atoms with Crippen molar-refractivity contribution in [1.29, 1.82) is 0 Å². The van der Waals surface area contributed by atoms with E-state index in [1.807, 2.05) is 29.8 Å². The van der Waals surface area contributed by atoms with Gasteiger partial charge in [0.2, 0.25) is 5.95 Å². The first-order valence-electron chi connectivity index (χ1n) is 11.8. The van der Waals surface area contributed by atoms with E-state index in [2.05, 4.69) is 40.0 Å². The molecule has 0 aliphatic heterocycles. The van der Waals surface area contributed by atoms with Gasteiger partial charge in [-0.05, 0) is 31.0 Å². The number of aromatic nitrogens is 4. The number of fused-ring (bicyclic) bond motifs is 2. The van der Waals surface area contributed by atoms with Gasteiger partial charge in [0.05, 0.1) is 17.1 Å². The standard InChI is InChI=1S/C24H29F3N6O2Si/c1-13-15-6-5-14(9-19(15)33(32-13)12-34-7-8-36(2,3)4)16-11-35-21-20(16)30-23(28)31-22(21)29-18-10-17(18)24(25,26)27/h5-6,9,11,17-18H,7-8,10,12H2,1-4H3,(H3,28,29,30,31). The molecule has 8 nitrogen and oxygen atoms in total. The molecule has 5 rings (SSSR count). The smallest absolute Gasteiger partial charge is 0.393 e. The Kier molecular flexibility index (Phi) is 5.98. The highest BCUT2D eigenvalue weighted by atomic mass is 28.3. The van der Waals surface area contributed by atoms with Gasteiger partial charge in [0.1, 0.15) is 18.5 Å². The fraction of sp³-hybridized carbons (Fsp3) is 0.458. The molecule has 1 aromatic carbocycles. The zero-order valence-electron chi connectivity index (χ0n) is 20.6. The number of hydrogen-bond acceptors (Lipinski definition) is 7. The molecule has 4 aromatic rings. The van der Waals surface area contributed by atoms with E-state index in [-0.39, 0.29) is 23.8 Å². The Morgan fingerprint density at radius 2 is 2.03 bits per heavy atom. The highest BCUT2D eigenvalue weighted by Gasteiger charge is 2.56. The minimum absolute atomic E-state index is 0.0114. The lowest BCUT2D eigenvalue weighted by Crippen LogP contribution is -2.22. The van der Waals surface area contributed by atoms with Crippen LogP contribution in [0.5, 0.6) is 0 Å². The number of anilines is 2. The summed E-state index contributed by atoms with van der Waals surface area (Å²) in [6.45, 7) is 9.90. The molecule has 1 aliphatic carbocycles. The number of nitrogens with two attached hydrogens (primary N) is 1. The summed E-state index contributed by atoms with van der Waals surface area (Å²) < 4.78 is 52.4. The second-order valence-corrected chi connectivity index (χ2v) is 16.2. The lowest BCUT2D eigenvalue weighted by atomic mass is 10.1. The monoisotopic (exact) mass is 518 g/mol. The number of furan rings is 1. The molecule has 2 unspecified atom stereocenters. The van der Waals surface area contributed by atoms with Gasteiger partial charge >= 0.3 is 6.18 Å². The Balaban J connectivity index is 1.44. The maximum Gasteiger partial charge on any atom is 0.393 e. The minimum Gasteiger partial charge on any atom is -0.458 e. The SMILES string of the molecule is Cc1nn(COCC[Si](C)(C)C)c2cc(-c3coc4c(NC5CC5C(F)(F)F)nc(N)nc34)ccc12. The van der Waals surface area contributed by atoms with Crippen molar-refractivity contribution >= 4 is 41.8 Å². The molecular formula is C24H29F3N6O2Si. The van der Waals surface area contributed by atoms with E-state index in [1.165, 1.54) is 6.26 Å². The van der Waals surface area contributed by atoms with Gasteiger partial charge in [-0.3, -0.25) is 0 Å². The molecule has 12 heteroatoms. The van der Waals surface area contributed by atoms with Crippen LogP contribution >= 0.6 is 0 Å². The molecule has 3 heterocycles. The van der Waals surface area contributed by atoms with Crippen molar-refractivity contribution < 1.29 is 22.3 Å². The number of nitrogens with one attached hydrogen (secondary N) is 1. The summed E-state index contributed by atoms with van der Waals surface area (Å²) in [5, 5.41) is 8.47. The van der Waals surface area contributed by atoms with Gasteiger partial charge in [-0.25, -0.2) is 9.67 Å². The van der Waals surface area contributed by atoms with E-state index in [0.717, 1.165) is 28.2 Å². The number of rotatable bonds is 8. The van der Waals surface area contributed by atoms with Gasteiger partial charge in [0.25, 0.3) is 0 Å². The first kappa shape index (κ1) is 24.6. The lowest BCUT2D eigenvalue weighted by Gasteiger charge is -2.15. The van der Waals surface area contributed by atoms with Crippen LogP contribution in [0.1, 0.15) is 12.1 Å². The highest BCUT2D eigenvalue weighted by molar-refractivity contribution is 6.76. The average Bonchev–Trinajstić information content (AvgIpc) is 3.33. The molecule has 0 spiro atoms. The van der Waals surface area contributed by atoms with Crippen LogP contribution in [0.4, 0.5) is 24.9 Å². The quantitative estimate of drug-likeness (QED) is 0.224. The molecule has 0 saturated heterocycles. The van der Waals surface area contributed by atoms with Crippen LogP contribution in [-0.2, 0) is 11.5 Å². The molecule has 36 heavy (non-hydrogen) atoms. The van der Waals surface area contributed by atoms with E-state index in [9.17, 15) is 13.2 Å². The zero-order valence-corrected chi connectivity index (χ0v) is 21.6. The van der Waals surface area contributed by atoms with Gasteiger partial charge in [0, 0.05) is 31.7 Å². The molecule has 0 bridgehead atoms. The Morgan fingerprint density at radius 3 is 2.72 bits per heavy atom. The summed E-state index contributed by atoms with van der Waals surface area (Å²) in [5.41, 5.74) is 9.88. The van der Waals surface area contributed by atoms with Crippen LogP contribution in [-0.4, -0.2) is 46.6 Å². The minimum atomic E-state index is -4.25. The summed E-state index contributed by atoms with van der Waals surface area (Å²) >= 11 is 0. The van der Waals surface area contributed by atoms with Gasteiger partial charge in [-0.1, -0.05) is 31.8 Å². The van der Waals surface area contributed by atoms with E-state index < -0.39 is 26.2 Å². The van der Waals surface area contributed by atoms with Crippen molar-refractivity contribution in [3.05, 3.63) is 30.2 Å². The fourth-order valence-electron chi connectivity index (χ4n) is 4.27. The molecular weight excluding hydrogens is 489 g/mol. The van der Waals surface area contributed by atoms with Crippen LogP contribution in [0.15, 0.2) is 28.9 Å². The van der Waals surface area contributed by atoms with E-state index in [1.54, 1.807) is 0 Å². The lowest BCUT2D eigenvalue weighted by molar-refractivity contribution is -0.147. The van der Waals surface area contributed by atoms with Gasteiger partial charge in [-0.15, -0.1) is 0 Å². The van der Waals surface area contributed by atoms with E-state index in [0.29, 0.717) is 24.4 Å². The summed E-state index contributed by atoms with van der Waals surface area (Å²) in [7, 11) is -1.19. The normalized spacial score (nSPS) is 18.3. The number of halogens is 3. The Bertz CT molecular complexity index is 1430. The van der Waals surface area contributed by atoms with Crippen molar-refractivity contribution in [2.45, 2.75) is 58.0 Å². The molecule has 1 aliphatic rings. The van der Waals surface area contributed by atoms with Gasteiger partial charge < -0.3 is 20.2 Å². The van der Waals surface area contributed by atoms with Crippen molar-refractivity contribution in [2.24, 2.45) is 5.92 Å². The summed E-state index contributed by atoms with van der Waals surface area (Å²) in [4.78, 5) is 8.42. The molecule has 3 aromatic heterocycles. The van der Waals surface area contributed by atoms with Crippen molar-refractivity contribution in [3.8, 4) is 11.1 Å². The zero-order chi connectivity index (χ0) is 25.8. The number of ether oxygens (including phenoxy) is 1. The molecule has 0 radical (unpaired) electrons. The third-order valence-corrected chi connectivity index (χ3v) is 8.13. The molecule has 1 saturated carbocycles. The van der Waals surface area contributed by atoms with Crippen LogP contribution in [0.25, 0.3) is 33.1 Å². The number of aryl methyl sites for hydroxylation is 1. The van der Waals surface area contributed by atoms with Crippen LogP contribution in [0, 0.1) is 12.8 Å². The van der Waals surface area contributed by atoms with E-state index >= 15 is 0 Å². The Morgan fingerprint density at radius 1 is 1.25 bits per heavy atom. The number of alkyl halides is 3. The van der Waals surface area contributed by atoms with Crippen LogP contribution < -0.4 is 11.1 Å². The van der Waals surface area contributed by atoms with Crippen molar-refractivity contribution in [2.75, 3.05) is 17.7 Å². The molecule has 1 fully saturated rings. The maximum atomic E-state index is 13.0. The first-order chi connectivity index (χ1) is 16.9. The fourth-order valence-corrected chi connectivity index (χ4v) is 5.02. The maximum absolute atomic E-state index is 13.0. The number of nitrogens with zero attached hydrogens (tertiary/aromatic N) is 4. The van der Waals surface area contributed by atoms with Crippen molar-refractivity contribution in [3.63, 3.8) is 0 Å². The van der Waals surface area contributed by atoms with Crippen LogP contribution in [0.2, 0.25) is 25.7 Å². The molecule has 0 amide bonds. The second-order valence-electron chi connectivity index (χ2n) is 10.6. The highest BCUT2D eigenvalue weighted by Crippen LogP contribution is 2.47. The summed E-state index contributed by atoms with van der Waals surface area (Å²) in [6.07, 6.45) is -2.74. The van der Waals surface area contributed by atoms with Gasteiger partial charge in [0.15, 0.2) is 11.4 Å². The number of nitrogen functional groups attached to an aromatic ring is 1. The summed E-state index contributed by atoms with van der Waals surface area (Å²) in [6, 6.07) is 6.20. The van der Waals surface area contributed by atoms with Crippen molar-refractivity contribution in [1.82, 2.24) is 19.7 Å². The summed E-state index contributed by atoms with van der Waals surface area (Å²) in [5.74, 6) is -1.29. The average molecular weight is 519 g/mol. The molecule has 3 N–H and O–H groups in total. The third-order valence-electron chi connectivity index (χ3n) is 6.42. The Labute approximate surface area is 207 Å². The number of benzene rings is 1. The number of hydrogen-bond donors (Lipinski definition) is 2.